The molecule has 4 saturated carbocycles. The van der Waals surface area contributed by atoms with Gasteiger partial charge in [-0.2, -0.15) is 0 Å². The monoisotopic (exact) mass is 635 g/mol. The number of hydrogen-bond acceptors (Lipinski definition) is 4. The maximum Gasteiger partial charge on any atom is 0.222 e. The van der Waals surface area contributed by atoms with Crippen LogP contribution in [0.2, 0.25) is 0 Å². The smallest absolute Gasteiger partial charge is 0.222 e. The third kappa shape index (κ3) is 19.2. The van der Waals surface area contributed by atoms with Gasteiger partial charge in [-0.15, -0.1) is 0 Å². The van der Waals surface area contributed by atoms with E-state index in [4.69, 9.17) is 0 Å². The van der Waals surface area contributed by atoms with E-state index in [-0.39, 0.29) is 47.3 Å². The predicted octanol–water partition coefficient (Wildman–Crippen LogP) is 6.77. The fourth-order valence-electron chi connectivity index (χ4n) is 4.76. The van der Waals surface area contributed by atoms with Crippen LogP contribution in [0.5, 0.6) is 0 Å². The molecule has 0 aromatic rings. The number of carbonyl (C=O) groups is 4. The summed E-state index contributed by atoms with van der Waals surface area (Å²) in [5.41, 5.74) is 0.435. The molecule has 45 heavy (non-hydrogen) atoms. The number of carbonyl (C=O) groups excluding carboxylic acids is 4. The Bertz CT molecular complexity index is 883. The molecular weight excluding hydrogens is 564 g/mol. The van der Waals surface area contributed by atoms with Gasteiger partial charge in [-0.25, -0.2) is 0 Å². The molecule has 8 nitrogen and oxygen atoms in total. The Morgan fingerprint density at radius 3 is 1.49 bits per heavy atom. The minimum Gasteiger partial charge on any atom is -0.356 e. The summed E-state index contributed by atoms with van der Waals surface area (Å²) >= 11 is 0. The second-order valence-electron chi connectivity index (χ2n) is 15.7. The van der Waals surface area contributed by atoms with E-state index < -0.39 is 0 Å². The molecule has 4 N–H and O–H groups in total. The van der Waals surface area contributed by atoms with E-state index in [0.717, 1.165) is 24.9 Å². The van der Waals surface area contributed by atoms with Crippen molar-refractivity contribution < 1.29 is 19.2 Å². The summed E-state index contributed by atoms with van der Waals surface area (Å²) in [7, 11) is 0. The van der Waals surface area contributed by atoms with Crippen LogP contribution in [-0.4, -0.2) is 48.8 Å². The molecule has 1 atom stereocenters. The van der Waals surface area contributed by atoms with Crippen LogP contribution in [0.15, 0.2) is 0 Å². The van der Waals surface area contributed by atoms with Crippen LogP contribution in [0.3, 0.4) is 0 Å². The summed E-state index contributed by atoms with van der Waals surface area (Å²) < 4.78 is 0. The van der Waals surface area contributed by atoms with Gasteiger partial charge < -0.3 is 21.3 Å². The summed E-state index contributed by atoms with van der Waals surface area (Å²) in [5.74, 6) is 2.81. The van der Waals surface area contributed by atoms with Crippen molar-refractivity contribution in [3.05, 3.63) is 0 Å². The van der Waals surface area contributed by atoms with E-state index in [9.17, 15) is 19.2 Å². The topological polar surface area (TPSA) is 116 Å². The van der Waals surface area contributed by atoms with Crippen molar-refractivity contribution in [2.24, 2.45) is 40.9 Å². The Labute approximate surface area is 276 Å². The molecule has 0 saturated heterocycles. The second kappa shape index (κ2) is 20.9. The molecule has 8 heteroatoms. The maximum atomic E-state index is 11.3. The van der Waals surface area contributed by atoms with Crippen LogP contribution in [0.1, 0.15) is 146 Å². The zero-order chi connectivity index (χ0) is 34.2. The van der Waals surface area contributed by atoms with Crippen molar-refractivity contribution in [1.29, 1.82) is 0 Å². The zero-order valence-corrected chi connectivity index (χ0v) is 30.7. The second-order valence-corrected chi connectivity index (χ2v) is 15.7. The Hall–Kier alpha value is -2.12. The fraction of sp³-hybridized carbons (Fsp3) is 0.892. The first-order chi connectivity index (χ1) is 21.0. The van der Waals surface area contributed by atoms with E-state index in [0.29, 0.717) is 17.5 Å². The Kier molecular flexibility index (Phi) is 19.0. The third-order valence-electron chi connectivity index (χ3n) is 9.33. The normalized spacial score (nSPS) is 19.4. The standard InChI is InChI=1S/C10H19NO.3C9H17NO/c1-8(2)10(12)11-9-6-4-3-5-7-9;1-7(2)8(11)10-6-9(3)4-5-9;1-6(2)9(11)10-7(3)8-4-5-8;1-7(2)9(11)10-6-8-4-3-5-8/h8-9H,3-7H2,1-2H3,(H,11,12);7H,4-6H2,1-3H3,(H,10,11);6-8H,4-5H2,1-3H3,(H,10,11);7-8H,3-6H2,1-2H3,(H,10,11). The largest absolute Gasteiger partial charge is 0.356 e. The van der Waals surface area contributed by atoms with Gasteiger partial charge in [-0.1, -0.05) is 88.0 Å². The molecule has 0 heterocycles. The fourth-order valence-corrected chi connectivity index (χ4v) is 4.76. The van der Waals surface area contributed by atoms with E-state index in [1.165, 1.54) is 77.0 Å². The van der Waals surface area contributed by atoms with Gasteiger partial charge in [0.15, 0.2) is 0 Å². The molecule has 0 radical (unpaired) electrons. The van der Waals surface area contributed by atoms with Crippen LogP contribution < -0.4 is 21.3 Å². The van der Waals surface area contributed by atoms with Crippen LogP contribution in [-0.2, 0) is 19.2 Å². The van der Waals surface area contributed by atoms with Crippen molar-refractivity contribution in [3.63, 3.8) is 0 Å². The van der Waals surface area contributed by atoms with Gasteiger partial charge >= 0.3 is 0 Å². The lowest BCUT2D eigenvalue weighted by atomic mass is 9.85. The molecule has 4 aliphatic carbocycles. The maximum absolute atomic E-state index is 11.3. The van der Waals surface area contributed by atoms with E-state index in [2.05, 4.69) is 35.1 Å². The lowest BCUT2D eigenvalue weighted by Gasteiger charge is -2.25. The first-order valence-corrected chi connectivity index (χ1v) is 18.2. The number of hydrogen-bond donors (Lipinski definition) is 4. The lowest BCUT2D eigenvalue weighted by Crippen LogP contribution is -2.38. The number of nitrogens with one attached hydrogen (secondary N) is 4. The molecular formula is C37H70N4O4. The summed E-state index contributed by atoms with van der Waals surface area (Å²) in [6, 6.07) is 0.860. The van der Waals surface area contributed by atoms with Crippen molar-refractivity contribution in [1.82, 2.24) is 21.3 Å². The Morgan fingerprint density at radius 2 is 1.09 bits per heavy atom. The SMILES string of the molecule is CC(C)C(=O)NC(C)C1CC1.CC(C)C(=O)NC1CCCCC1.CC(C)C(=O)NCC1(C)CC1.CC(C)C(=O)NCC1CCC1. The van der Waals surface area contributed by atoms with Crippen molar-refractivity contribution >= 4 is 23.6 Å². The molecule has 0 bridgehead atoms. The quantitative estimate of drug-likeness (QED) is 0.201. The molecule has 0 aromatic carbocycles. The van der Waals surface area contributed by atoms with Crippen molar-refractivity contribution in [3.8, 4) is 0 Å². The Balaban J connectivity index is 0.000000300. The summed E-state index contributed by atoms with van der Waals surface area (Å²) in [6.45, 7) is 21.5. The molecule has 1 unspecified atom stereocenters. The number of rotatable bonds is 11. The predicted molar refractivity (Wildman–Crippen MR) is 185 cm³/mol. The molecule has 0 aliphatic heterocycles. The molecule has 0 aromatic heterocycles. The zero-order valence-electron chi connectivity index (χ0n) is 30.7. The third-order valence-corrected chi connectivity index (χ3v) is 9.33. The molecule has 4 fully saturated rings. The van der Waals surface area contributed by atoms with Crippen molar-refractivity contribution in [2.75, 3.05) is 13.1 Å². The molecule has 262 valence electrons. The lowest BCUT2D eigenvalue weighted by molar-refractivity contribution is -0.125. The van der Waals surface area contributed by atoms with Gasteiger partial charge in [0, 0.05) is 48.8 Å². The van der Waals surface area contributed by atoms with Gasteiger partial charge in [0.1, 0.15) is 0 Å². The van der Waals surface area contributed by atoms with Crippen molar-refractivity contribution in [2.45, 2.75) is 158 Å². The first kappa shape index (κ1) is 40.9. The summed E-state index contributed by atoms with van der Waals surface area (Å²) in [5, 5.41) is 12.0. The minimum atomic E-state index is 0.121. The molecule has 4 aliphatic rings. The Morgan fingerprint density at radius 1 is 0.600 bits per heavy atom. The summed E-state index contributed by atoms with van der Waals surface area (Å²) in [6.07, 6.45) is 15.3. The molecule has 4 rings (SSSR count). The molecule has 4 amide bonds. The van der Waals surface area contributed by atoms with E-state index >= 15 is 0 Å². The first-order valence-electron chi connectivity index (χ1n) is 18.2. The highest BCUT2D eigenvalue weighted by molar-refractivity contribution is 5.79. The van der Waals surface area contributed by atoms with Gasteiger partial charge in [0.2, 0.25) is 23.6 Å². The number of amides is 4. The van der Waals surface area contributed by atoms with Gasteiger partial charge in [0.25, 0.3) is 0 Å². The van der Waals surface area contributed by atoms with Crippen LogP contribution in [0.4, 0.5) is 0 Å². The molecule has 0 spiro atoms. The van der Waals surface area contributed by atoms with Gasteiger partial charge in [0.05, 0.1) is 0 Å². The highest BCUT2D eigenvalue weighted by Gasteiger charge is 2.37. The van der Waals surface area contributed by atoms with Gasteiger partial charge in [-0.05, 0) is 75.5 Å². The minimum absolute atomic E-state index is 0.121. The summed E-state index contributed by atoms with van der Waals surface area (Å²) in [4.78, 5) is 44.7. The average Bonchev–Trinajstić information content (AvgIpc) is 3.89. The van der Waals surface area contributed by atoms with Crippen LogP contribution in [0.25, 0.3) is 0 Å². The van der Waals surface area contributed by atoms with Gasteiger partial charge in [-0.3, -0.25) is 19.2 Å². The van der Waals surface area contributed by atoms with E-state index in [1.54, 1.807) is 0 Å². The average molecular weight is 635 g/mol. The van der Waals surface area contributed by atoms with E-state index in [1.807, 2.05) is 55.4 Å². The van der Waals surface area contributed by atoms with Crippen LogP contribution >= 0.6 is 0 Å². The van der Waals surface area contributed by atoms with Crippen LogP contribution in [0, 0.1) is 40.9 Å². The highest BCUT2D eigenvalue weighted by Crippen LogP contribution is 2.44. The highest BCUT2D eigenvalue weighted by atomic mass is 16.2.